The molecule has 29 heavy (non-hydrogen) atoms. The van der Waals surface area contributed by atoms with Gasteiger partial charge in [-0.1, -0.05) is 0 Å². The summed E-state index contributed by atoms with van der Waals surface area (Å²) in [4.78, 5) is 25.0. The fourth-order valence-electron chi connectivity index (χ4n) is 2.57. The van der Waals surface area contributed by atoms with E-state index in [2.05, 4.69) is 10.4 Å². The zero-order valence-electron chi connectivity index (χ0n) is 15.9. The smallest absolute Gasteiger partial charge is 0.280 e. The highest BCUT2D eigenvalue weighted by atomic mass is 19.1. The number of rotatable bonds is 6. The van der Waals surface area contributed by atoms with E-state index in [0.717, 1.165) is 6.07 Å². The van der Waals surface area contributed by atoms with E-state index in [1.165, 1.54) is 50.3 Å². The second-order valence-corrected chi connectivity index (χ2v) is 5.84. The molecule has 9 heteroatoms. The van der Waals surface area contributed by atoms with Gasteiger partial charge in [0.25, 0.3) is 5.91 Å². The van der Waals surface area contributed by atoms with Crippen molar-refractivity contribution in [2.24, 2.45) is 0 Å². The Labute approximate surface area is 165 Å². The lowest BCUT2D eigenvalue weighted by molar-refractivity contribution is 0.101. The second kappa shape index (κ2) is 8.42. The predicted molar refractivity (Wildman–Crippen MR) is 104 cm³/mol. The summed E-state index contributed by atoms with van der Waals surface area (Å²) in [6, 6.07) is 11.2. The number of aromatic nitrogens is 2. The lowest BCUT2D eigenvalue weighted by Crippen LogP contribution is -2.26. The largest absolute Gasteiger partial charge is 0.497 e. The van der Waals surface area contributed by atoms with E-state index in [1.807, 2.05) is 0 Å². The van der Waals surface area contributed by atoms with Gasteiger partial charge in [0, 0.05) is 23.9 Å². The standard InChI is InChI=1S/C20H18FN3O5/c1-27-15-8-14(9-16(10-15)28-2)24-18(29-3)11-17(25)19(23-24)20(26)22-13-6-4-12(21)5-7-13/h4-11H,1-3H3,(H,22,26). The van der Waals surface area contributed by atoms with Gasteiger partial charge in [-0.2, -0.15) is 9.78 Å². The third-order valence-corrected chi connectivity index (χ3v) is 4.00. The molecule has 0 unspecified atom stereocenters. The number of anilines is 1. The van der Waals surface area contributed by atoms with Gasteiger partial charge in [-0.25, -0.2) is 4.39 Å². The molecule has 0 fully saturated rings. The topological polar surface area (TPSA) is 91.7 Å². The van der Waals surface area contributed by atoms with Gasteiger partial charge in [0.15, 0.2) is 5.69 Å². The summed E-state index contributed by atoms with van der Waals surface area (Å²) in [7, 11) is 4.37. The number of carbonyl (C=O) groups is 1. The van der Waals surface area contributed by atoms with Crippen LogP contribution in [0.3, 0.4) is 0 Å². The molecule has 0 saturated heterocycles. The molecule has 150 valence electrons. The van der Waals surface area contributed by atoms with Gasteiger partial charge in [-0.05, 0) is 24.3 Å². The summed E-state index contributed by atoms with van der Waals surface area (Å²) < 4.78 is 30.1. The monoisotopic (exact) mass is 399 g/mol. The van der Waals surface area contributed by atoms with Gasteiger partial charge < -0.3 is 19.5 Å². The minimum Gasteiger partial charge on any atom is -0.497 e. The Morgan fingerprint density at radius 1 is 0.966 bits per heavy atom. The van der Waals surface area contributed by atoms with Crippen molar-refractivity contribution in [3.05, 3.63) is 70.3 Å². The maximum absolute atomic E-state index is 13.0. The first-order chi connectivity index (χ1) is 13.9. The summed E-state index contributed by atoms with van der Waals surface area (Å²) >= 11 is 0. The zero-order chi connectivity index (χ0) is 21.0. The molecular weight excluding hydrogens is 381 g/mol. The number of nitrogens with zero attached hydrogens (tertiary/aromatic N) is 2. The molecule has 0 atom stereocenters. The third kappa shape index (κ3) is 4.34. The molecule has 0 spiro atoms. The lowest BCUT2D eigenvalue weighted by atomic mass is 10.2. The highest BCUT2D eigenvalue weighted by molar-refractivity contribution is 6.02. The number of halogens is 1. The van der Waals surface area contributed by atoms with Gasteiger partial charge in [-0.3, -0.25) is 9.59 Å². The Kier molecular flexibility index (Phi) is 5.77. The number of hydrogen-bond acceptors (Lipinski definition) is 6. The quantitative estimate of drug-likeness (QED) is 0.685. The van der Waals surface area contributed by atoms with E-state index in [4.69, 9.17) is 14.2 Å². The van der Waals surface area contributed by atoms with Crippen LogP contribution in [-0.4, -0.2) is 37.0 Å². The molecule has 0 aliphatic rings. The molecule has 8 nitrogen and oxygen atoms in total. The van der Waals surface area contributed by atoms with Crippen LogP contribution >= 0.6 is 0 Å². The Morgan fingerprint density at radius 2 is 1.59 bits per heavy atom. The van der Waals surface area contributed by atoms with Gasteiger partial charge in [0.1, 0.15) is 17.3 Å². The predicted octanol–water partition coefficient (Wildman–Crippen LogP) is 2.65. The van der Waals surface area contributed by atoms with Crippen LogP contribution in [0.2, 0.25) is 0 Å². The number of carbonyl (C=O) groups excluding carboxylic acids is 1. The van der Waals surface area contributed by atoms with E-state index in [-0.39, 0.29) is 11.6 Å². The number of amides is 1. The van der Waals surface area contributed by atoms with E-state index in [0.29, 0.717) is 22.9 Å². The van der Waals surface area contributed by atoms with Crippen molar-refractivity contribution >= 4 is 11.6 Å². The molecule has 0 radical (unpaired) electrons. The lowest BCUT2D eigenvalue weighted by Gasteiger charge is -2.14. The van der Waals surface area contributed by atoms with Crippen molar-refractivity contribution in [1.82, 2.24) is 9.78 Å². The Balaban J connectivity index is 2.06. The van der Waals surface area contributed by atoms with E-state index < -0.39 is 17.2 Å². The van der Waals surface area contributed by atoms with Crippen LogP contribution in [0.25, 0.3) is 5.69 Å². The highest BCUT2D eigenvalue weighted by Crippen LogP contribution is 2.26. The fraction of sp³-hybridized carbons (Fsp3) is 0.150. The minimum absolute atomic E-state index is 0.114. The van der Waals surface area contributed by atoms with E-state index in [9.17, 15) is 14.0 Å². The number of ether oxygens (including phenoxy) is 3. The number of methoxy groups -OCH3 is 3. The molecule has 0 saturated carbocycles. The van der Waals surface area contributed by atoms with Crippen LogP contribution in [0.5, 0.6) is 17.4 Å². The Hall–Kier alpha value is -3.88. The van der Waals surface area contributed by atoms with Crippen molar-refractivity contribution in [1.29, 1.82) is 0 Å². The van der Waals surface area contributed by atoms with E-state index >= 15 is 0 Å². The summed E-state index contributed by atoms with van der Waals surface area (Å²) in [6.45, 7) is 0. The maximum Gasteiger partial charge on any atom is 0.280 e. The molecule has 0 bridgehead atoms. The van der Waals surface area contributed by atoms with Crippen LogP contribution in [0.4, 0.5) is 10.1 Å². The zero-order valence-corrected chi connectivity index (χ0v) is 15.9. The number of nitrogens with one attached hydrogen (secondary N) is 1. The van der Waals surface area contributed by atoms with Crippen molar-refractivity contribution < 1.29 is 23.4 Å². The van der Waals surface area contributed by atoms with Crippen LogP contribution in [-0.2, 0) is 0 Å². The first-order valence-electron chi connectivity index (χ1n) is 8.44. The first-order valence-corrected chi connectivity index (χ1v) is 8.44. The van der Waals surface area contributed by atoms with Gasteiger partial charge in [0.2, 0.25) is 11.3 Å². The van der Waals surface area contributed by atoms with Crippen LogP contribution in [0.1, 0.15) is 10.5 Å². The van der Waals surface area contributed by atoms with E-state index in [1.54, 1.807) is 18.2 Å². The van der Waals surface area contributed by atoms with Crippen LogP contribution in [0.15, 0.2) is 53.3 Å². The summed E-state index contributed by atoms with van der Waals surface area (Å²) in [6.07, 6.45) is 0. The minimum atomic E-state index is -0.743. The normalized spacial score (nSPS) is 10.3. The molecule has 1 amide bonds. The molecular formula is C20H18FN3O5. The molecule has 3 rings (SSSR count). The average molecular weight is 399 g/mol. The third-order valence-electron chi connectivity index (χ3n) is 4.00. The average Bonchev–Trinajstić information content (AvgIpc) is 2.74. The first kappa shape index (κ1) is 19.9. The Bertz CT molecular complexity index is 1070. The summed E-state index contributed by atoms with van der Waals surface area (Å²) in [5, 5.41) is 6.68. The fourth-order valence-corrected chi connectivity index (χ4v) is 2.57. The van der Waals surface area contributed by atoms with Gasteiger partial charge >= 0.3 is 0 Å². The maximum atomic E-state index is 13.0. The molecule has 3 aromatic rings. The summed E-state index contributed by atoms with van der Waals surface area (Å²) in [5.41, 5.74) is -0.221. The van der Waals surface area contributed by atoms with Crippen LogP contribution < -0.4 is 25.0 Å². The molecule has 1 aromatic heterocycles. The van der Waals surface area contributed by atoms with Crippen molar-refractivity contribution in [3.63, 3.8) is 0 Å². The molecule has 1 N–H and O–H groups in total. The Morgan fingerprint density at radius 3 is 2.14 bits per heavy atom. The molecule has 0 aliphatic carbocycles. The highest BCUT2D eigenvalue weighted by Gasteiger charge is 2.18. The van der Waals surface area contributed by atoms with Crippen molar-refractivity contribution in [3.8, 4) is 23.1 Å². The molecule has 2 aromatic carbocycles. The molecule has 0 aliphatic heterocycles. The van der Waals surface area contributed by atoms with Gasteiger partial charge in [-0.15, -0.1) is 0 Å². The number of hydrogen-bond donors (Lipinski definition) is 1. The second-order valence-electron chi connectivity index (χ2n) is 5.84. The number of benzene rings is 2. The van der Waals surface area contributed by atoms with Crippen molar-refractivity contribution in [2.45, 2.75) is 0 Å². The van der Waals surface area contributed by atoms with Crippen LogP contribution in [0, 0.1) is 5.82 Å². The SMILES string of the molecule is COc1cc(OC)cc(-n2nc(C(=O)Nc3ccc(F)cc3)c(=O)cc2OC)c1. The molecule has 1 heterocycles. The van der Waals surface area contributed by atoms with Gasteiger partial charge in [0.05, 0.1) is 33.1 Å². The summed E-state index contributed by atoms with van der Waals surface area (Å²) in [5.74, 6) is -0.102. The van der Waals surface area contributed by atoms with Crippen molar-refractivity contribution in [2.75, 3.05) is 26.6 Å².